The van der Waals surface area contributed by atoms with Gasteiger partial charge in [0.25, 0.3) is 5.79 Å². The predicted octanol–water partition coefficient (Wildman–Crippen LogP) is 6.05. The molecule has 0 bridgehead atoms. The van der Waals surface area contributed by atoms with Gasteiger partial charge in [-0.2, -0.15) is 0 Å². The number of carboxylic acid groups (broad SMARTS) is 1. The minimum absolute atomic E-state index is 0.259. The van der Waals surface area contributed by atoms with E-state index >= 15 is 0 Å². The number of nitrogens with zero attached hydrogens (tertiary/aromatic N) is 4. The Morgan fingerprint density at radius 3 is 2.72 bits per heavy atom. The number of carbonyl (C=O) groups is 1. The molecule has 0 spiro atoms. The third kappa shape index (κ3) is 5.79. The first kappa shape index (κ1) is 28.7. The van der Waals surface area contributed by atoms with Crippen molar-refractivity contribution in [2.24, 2.45) is 0 Å². The zero-order valence-corrected chi connectivity index (χ0v) is 24.5. The first-order valence-electron chi connectivity index (χ1n) is 14.6. The normalized spacial score (nSPS) is 19.0. The van der Waals surface area contributed by atoms with E-state index in [1.807, 2.05) is 36.6 Å². The average Bonchev–Trinajstić information content (AvgIpc) is 3.69. The molecule has 2 aliphatic rings. The number of fused-ring (bicyclic) bond motifs is 1. The number of aryl methyl sites for hydroxylation is 2. The van der Waals surface area contributed by atoms with Crippen molar-refractivity contribution in [3.05, 3.63) is 101 Å². The van der Waals surface area contributed by atoms with E-state index in [2.05, 4.69) is 20.9 Å². The summed E-state index contributed by atoms with van der Waals surface area (Å²) in [7, 11) is 0. The maximum atomic E-state index is 14.9. The Morgan fingerprint density at radius 1 is 1.16 bits per heavy atom. The van der Waals surface area contributed by atoms with Gasteiger partial charge in [-0.05, 0) is 75.0 Å². The van der Waals surface area contributed by atoms with Crippen molar-refractivity contribution >= 4 is 12.0 Å². The molecule has 10 heteroatoms. The molecule has 0 saturated carbocycles. The second-order valence-electron chi connectivity index (χ2n) is 11.3. The molecule has 43 heavy (non-hydrogen) atoms. The Balaban J connectivity index is 1.17. The summed E-state index contributed by atoms with van der Waals surface area (Å²) in [5.74, 6) is 0.545. The van der Waals surface area contributed by atoms with Crippen LogP contribution in [0.15, 0.2) is 59.5 Å². The molecule has 2 aliphatic heterocycles. The summed E-state index contributed by atoms with van der Waals surface area (Å²) >= 11 is 0. The molecule has 1 fully saturated rings. The van der Waals surface area contributed by atoms with Crippen LogP contribution in [0.3, 0.4) is 0 Å². The molecule has 1 atom stereocenters. The molecule has 0 aliphatic carbocycles. The number of aliphatic carboxylic acids is 1. The van der Waals surface area contributed by atoms with Crippen molar-refractivity contribution in [2.75, 3.05) is 13.1 Å². The number of aromatic nitrogens is 3. The molecule has 0 amide bonds. The number of rotatable bonds is 9. The van der Waals surface area contributed by atoms with Crippen LogP contribution in [-0.2, 0) is 30.1 Å². The van der Waals surface area contributed by atoms with E-state index < -0.39 is 11.8 Å². The number of hydrogen-bond acceptors (Lipinski definition) is 7. The molecule has 1 N–H and O–H groups in total. The number of likely N-dealkylation sites (tertiary alicyclic amines) is 1. The fraction of sp³-hybridized carbons (Fsp3) is 0.364. The maximum absolute atomic E-state index is 14.9. The van der Waals surface area contributed by atoms with Gasteiger partial charge in [0.1, 0.15) is 17.4 Å². The molecule has 0 radical (unpaired) electrons. The molecule has 2 aromatic heterocycles. The van der Waals surface area contributed by atoms with Crippen LogP contribution in [0.2, 0.25) is 0 Å². The van der Waals surface area contributed by atoms with Gasteiger partial charge in [0.05, 0.1) is 36.2 Å². The Hall–Kier alpha value is -4.44. The summed E-state index contributed by atoms with van der Waals surface area (Å²) < 4.78 is 35.1. The van der Waals surface area contributed by atoms with E-state index in [0.29, 0.717) is 35.8 Å². The van der Waals surface area contributed by atoms with Gasteiger partial charge in [-0.3, -0.25) is 4.90 Å². The Kier molecular flexibility index (Phi) is 7.79. The summed E-state index contributed by atoms with van der Waals surface area (Å²) in [5, 5.41) is 9.17. The van der Waals surface area contributed by atoms with Gasteiger partial charge in [0, 0.05) is 18.6 Å². The highest BCUT2D eigenvalue weighted by atomic mass is 19.1. The van der Waals surface area contributed by atoms with E-state index in [1.165, 1.54) is 12.5 Å². The topological polar surface area (TPSA) is 103 Å². The Bertz CT molecular complexity index is 1670. The lowest BCUT2D eigenvalue weighted by Crippen LogP contribution is -2.34. The second kappa shape index (κ2) is 11.7. The highest BCUT2D eigenvalue weighted by Crippen LogP contribution is 2.49. The smallest absolute Gasteiger partial charge is 0.328 e. The molecule has 1 saturated heterocycles. The zero-order chi connectivity index (χ0) is 30.1. The van der Waals surface area contributed by atoms with Crippen molar-refractivity contribution in [3.8, 4) is 11.5 Å². The highest BCUT2D eigenvalue weighted by molar-refractivity contribution is 5.84. The first-order valence-corrected chi connectivity index (χ1v) is 14.6. The SMILES string of the molecule is CCc1ncoc1Cn1c(/C=C/C(=O)O)cnc1CN1CCC(c2cccc3c2OC(C)(c2ccc(C)cc2F)O3)CC1. The van der Waals surface area contributed by atoms with Crippen molar-refractivity contribution in [3.63, 3.8) is 0 Å². The molecule has 9 nitrogen and oxygen atoms in total. The van der Waals surface area contributed by atoms with Crippen LogP contribution in [0.1, 0.15) is 72.3 Å². The number of ether oxygens (including phenoxy) is 2. The van der Waals surface area contributed by atoms with Gasteiger partial charge in [-0.25, -0.2) is 19.2 Å². The van der Waals surface area contributed by atoms with Crippen molar-refractivity contribution in [2.45, 2.75) is 64.8 Å². The number of oxazole rings is 1. The highest BCUT2D eigenvalue weighted by Gasteiger charge is 2.42. The predicted molar refractivity (Wildman–Crippen MR) is 157 cm³/mol. The second-order valence-corrected chi connectivity index (χ2v) is 11.3. The largest absolute Gasteiger partial charge is 0.478 e. The van der Waals surface area contributed by atoms with Crippen LogP contribution in [-0.4, -0.2) is 43.6 Å². The number of para-hydroxylation sites is 1. The lowest BCUT2D eigenvalue weighted by Gasteiger charge is -2.32. The van der Waals surface area contributed by atoms with E-state index in [0.717, 1.165) is 66.8 Å². The lowest BCUT2D eigenvalue weighted by atomic mass is 9.88. The van der Waals surface area contributed by atoms with E-state index in [4.69, 9.17) is 13.9 Å². The molecular weight excluding hydrogens is 551 g/mol. The van der Waals surface area contributed by atoms with Crippen LogP contribution < -0.4 is 9.47 Å². The quantitative estimate of drug-likeness (QED) is 0.237. The molecular formula is C33H35FN4O5. The van der Waals surface area contributed by atoms with Gasteiger partial charge in [0.2, 0.25) is 0 Å². The average molecular weight is 587 g/mol. The number of hydrogen-bond donors (Lipinski definition) is 1. The standard InChI is InChI=1S/C33H35FN4O5/c1-4-27-29(41-20-36-27)18-38-23(9-11-31(39)40)17-35-30(38)19-37-14-12-22(13-15-37)24-6-5-7-28-32(24)43-33(3,42-28)25-10-8-21(2)16-26(25)34/h5-11,16-17,20,22H,4,12-15,18-19H2,1-3H3,(H,39,40)/b11-9+. The number of halogens is 1. The molecule has 1 unspecified atom stereocenters. The molecule has 2 aromatic carbocycles. The van der Waals surface area contributed by atoms with Gasteiger partial charge in [-0.1, -0.05) is 25.1 Å². The number of imidazole rings is 1. The van der Waals surface area contributed by atoms with E-state index in [1.54, 1.807) is 25.3 Å². The minimum Gasteiger partial charge on any atom is -0.478 e. The number of carboxylic acids is 1. The number of piperidine rings is 1. The van der Waals surface area contributed by atoms with Crippen molar-refractivity contribution in [1.29, 1.82) is 0 Å². The molecule has 224 valence electrons. The Morgan fingerprint density at radius 2 is 1.98 bits per heavy atom. The third-order valence-electron chi connectivity index (χ3n) is 8.34. The summed E-state index contributed by atoms with van der Waals surface area (Å²) in [5.41, 5.74) is 3.85. The van der Waals surface area contributed by atoms with Crippen LogP contribution in [0, 0.1) is 12.7 Å². The molecule has 4 aromatic rings. The summed E-state index contributed by atoms with van der Waals surface area (Å²) in [6.45, 7) is 8.35. The van der Waals surface area contributed by atoms with Crippen LogP contribution in [0.5, 0.6) is 11.5 Å². The van der Waals surface area contributed by atoms with Crippen LogP contribution in [0.4, 0.5) is 4.39 Å². The fourth-order valence-corrected chi connectivity index (χ4v) is 6.05. The van der Waals surface area contributed by atoms with Crippen molar-refractivity contribution in [1.82, 2.24) is 19.4 Å². The fourth-order valence-electron chi connectivity index (χ4n) is 6.05. The first-order chi connectivity index (χ1) is 20.7. The lowest BCUT2D eigenvalue weighted by molar-refractivity contribution is -0.131. The van der Waals surface area contributed by atoms with Crippen LogP contribution in [0.25, 0.3) is 6.08 Å². The summed E-state index contributed by atoms with van der Waals surface area (Å²) in [4.78, 5) is 22.5. The van der Waals surface area contributed by atoms with E-state index in [-0.39, 0.29) is 11.7 Å². The monoisotopic (exact) mass is 586 g/mol. The van der Waals surface area contributed by atoms with Gasteiger partial charge < -0.3 is 23.6 Å². The van der Waals surface area contributed by atoms with Crippen LogP contribution >= 0.6 is 0 Å². The van der Waals surface area contributed by atoms with E-state index in [9.17, 15) is 14.3 Å². The van der Waals surface area contributed by atoms with Gasteiger partial charge >= 0.3 is 5.97 Å². The number of benzene rings is 2. The third-order valence-corrected chi connectivity index (χ3v) is 8.34. The molecule has 6 rings (SSSR count). The van der Waals surface area contributed by atoms with Crippen molar-refractivity contribution < 1.29 is 28.2 Å². The Labute approximate surface area is 249 Å². The van der Waals surface area contributed by atoms with Gasteiger partial charge in [0.15, 0.2) is 17.9 Å². The zero-order valence-electron chi connectivity index (χ0n) is 24.5. The maximum Gasteiger partial charge on any atom is 0.328 e. The summed E-state index contributed by atoms with van der Waals surface area (Å²) in [6.07, 6.45) is 8.36. The van der Waals surface area contributed by atoms with Gasteiger partial charge in [-0.15, -0.1) is 0 Å². The minimum atomic E-state index is -1.23. The summed E-state index contributed by atoms with van der Waals surface area (Å²) in [6, 6.07) is 11.0. The molecule has 4 heterocycles.